The molecule has 222 valence electrons. The number of nitrogens with two attached hydrogens (primary N) is 1. The van der Waals surface area contributed by atoms with Gasteiger partial charge in [-0.3, -0.25) is 24.6 Å². The highest BCUT2D eigenvalue weighted by Crippen LogP contribution is 2.28. The van der Waals surface area contributed by atoms with E-state index in [-0.39, 0.29) is 35.6 Å². The van der Waals surface area contributed by atoms with E-state index in [9.17, 15) is 19.7 Å². The van der Waals surface area contributed by atoms with E-state index in [1.165, 1.54) is 12.1 Å². The SMILES string of the molecule is COc1cccc(C(=O)N2CCC(N(Cc3ccc([N+](=O)[O-])cc3)CC(C)C)C[C@@H]2C(=O)NC2CCC(N)CC2)c1. The minimum atomic E-state index is -0.616. The van der Waals surface area contributed by atoms with Crippen molar-refractivity contribution >= 4 is 17.5 Å². The standard InChI is InChI=1S/C31H43N5O5/c1-21(2)19-34(20-22-7-13-26(14-8-22)36(39)40)27-15-16-35(31(38)23-5-4-6-28(17-23)41-3)29(18-27)30(37)33-25-11-9-24(32)10-12-25/h4-8,13-14,17,21,24-25,27,29H,9-12,15-16,18-20,32H2,1-3H3,(H,33,37)/t24?,25?,27?,29-/m1/s1. The van der Waals surface area contributed by atoms with Gasteiger partial charge in [-0.25, -0.2) is 0 Å². The van der Waals surface area contributed by atoms with Crippen LogP contribution in [0.3, 0.4) is 0 Å². The van der Waals surface area contributed by atoms with Gasteiger partial charge in [0.05, 0.1) is 12.0 Å². The number of nitrogens with one attached hydrogen (secondary N) is 1. The average Bonchev–Trinajstić information content (AvgIpc) is 2.97. The van der Waals surface area contributed by atoms with Crippen molar-refractivity contribution in [2.45, 2.75) is 83.1 Å². The molecule has 2 aromatic carbocycles. The summed E-state index contributed by atoms with van der Waals surface area (Å²) in [5.41, 5.74) is 7.62. The molecule has 0 spiro atoms. The molecule has 1 unspecified atom stereocenters. The molecule has 1 heterocycles. The molecule has 41 heavy (non-hydrogen) atoms. The molecule has 1 aliphatic heterocycles. The first kappa shape index (κ1) is 30.5. The molecule has 1 aliphatic carbocycles. The molecule has 0 radical (unpaired) electrons. The van der Waals surface area contributed by atoms with Gasteiger partial charge in [-0.1, -0.05) is 32.0 Å². The fourth-order valence-corrected chi connectivity index (χ4v) is 6.02. The van der Waals surface area contributed by atoms with Crippen molar-refractivity contribution in [1.29, 1.82) is 0 Å². The molecule has 2 amide bonds. The molecule has 3 N–H and O–H groups in total. The van der Waals surface area contributed by atoms with Crippen molar-refractivity contribution in [2.75, 3.05) is 20.2 Å². The summed E-state index contributed by atoms with van der Waals surface area (Å²) in [7, 11) is 1.57. The number of methoxy groups -OCH3 is 1. The van der Waals surface area contributed by atoms with Crippen LogP contribution in [0.2, 0.25) is 0 Å². The zero-order valence-corrected chi connectivity index (χ0v) is 24.3. The Bertz CT molecular complexity index is 1200. The van der Waals surface area contributed by atoms with E-state index in [2.05, 4.69) is 24.1 Å². The van der Waals surface area contributed by atoms with Crippen molar-refractivity contribution in [3.63, 3.8) is 0 Å². The smallest absolute Gasteiger partial charge is 0.269 e. The molecule has 0 bridgehead atoms. The Morgan fingerprint density at radius 1 is 1.12 bits per heavy atom. The molecule has 1 saturated heterocycles. The number of benzene rings is 2. The lowest BCUT2D eigenvalue weighted by Gasteiger charge is -2.44. The van der Waals surface area contributed by atoms with Crippen LogP contribution in [0.1, 0.15) is 68.3 Å². The number of amides is 2. The molecule has 1 saturated carbocycles. The molecule has 0 aromatic heterocycles. The van der Waals surface area contributed by atoms with Crippen molar-refractivity contribution in [3.05, 3.63) is 69.8 Å². The topological polar surface area (TPSA) is 131 Å². The van der Waals surface area contributed by atoms with Crippen LogP contribution in [-0.2, 0) is 11.3 Å². The number of nitrogens with zero attached hydrogens (tertiary/aromatic N) is 3. The number of nitro groups is 1. The molecule has 2 aromatic rings. The summed E-state index contributed by atoms with van der Waals surface area (Å²) in [6, 6.07) is 13.4. The number of non-ortho nitro benzene ring substituents is 1. The number of carbonyl (C=O) groups is 2. The van der Waals surface area contributed by atoms with E-state index in [0.29, 0.717) is 36.7 Å². The lowest BCUT2D eigenvalue weighted by atomic mass is 9.90. The first-order valence-electron chi connectivity index (χ1n) is 14.6. The molecule has 4 rings (SSSR count). The lowest BCUT2D eigenvalue weighted by Crippen LogP contribution is -2.58. The maximum absolute atomic E-state index is 13.8. The van der Waals surface area contributed by atoms with E-state index >= 15 is 0 Å². The molecule has 10 heteroatoms. The fourth-order valence-electron chi connectivity index (χ4n) is 6.02. The molecule has 2 fully saturated rings. The summed E-state index contributed by atoms with van der Waals surface area (Å²) in [5.74, 6) is 0.671. The normalized spacial score (nSPS) is 22.9. The number of nitro benzene ring substituents is 1. The lowest BCUT2D eigenvalue weighted by molar-refractivity contribution is -0.384. The predicted molar refractivity (Wildman–Crippen MR) is 158 cm³/mol. The van der Waals surface area contributed by atoms with Crippen LogP contribution in [0.25, 0.3) is 0 Å². The predicted octanol–water partition coefficient (Wildman–Crippen LogP) is 4.12. The van der Waals surface area contributed by atoms with E-state index in [1.54, 1.807) is 48.4 Å². The summed E-state index contributed by atoms with van der Waals surface area (Å²) in [4.78, 5) is 42.4. The number of carbonyl (C=O) groups excluding carboxylic acids is 2. The number of hydrogen-bond donors (Lipinski definition) is 2. The second kappa shape index (κ2) is 13.9. The van der Waals surface area contributed by atoms with Crippen LogP contribution in [0.5, 0.6) is 5.75 Å². The molecule has 2 aliphatic rings. The molecule has 2 atom stereocenters. The van der Waals surface area contributed by atoms with Crippen LogP contribution in [-0.4, -0.2) is 70.9 Å². The Hall–Kier alpha value is -3.50. The van der Waals surface area contributed by atoms with Crippen LogP contribution in [0.4, 0.5) is 5.69 Å². The van der Waals surface area contributed by atoms with Crippen LogP contribution in [0.15, 0.2) is 48.5 Å². The van der Waals surface area contributed by atoms with Crippen LogP contribution in [0, 0.1) is 16.0 Å². The van der Waals surface area contributed by atoms with Crippen molar-refractivity contribution in [3.8, 4) is 5.75 Å². The second-order valence-electron chi connectivity index (χ2n) is 11.8. The van der Waals surface area contributed by atoms with Gasteiger partial charge in [0.1, 0.15) is 11.8 Å². The Kier molecular flexibility index (Phi) is 10.3. The maximum Gasteiger partial charge on any atom is 0.269 e. The first-order chi connectivity index (χ1) is 19.6. The van der Waals surface area contributed by atoms with Gasteiger partial charge in [-0.05, 0) is 68.2 Å². The van der Waals surface area contributed by atoms with Crippen molar-refractivity contribution in [2.24, 2.45) is 11.7 Å². The third-order valence-electron chi connectivity index (χ3n) is 8.22. The molecular formula is C31H43N5O5. The Balaban J connectivity index is 1.56. The van der Waals surface area contributed by atoms with Gasteiger partial charge in [0.15, 0.2) is 0 Å². The largest absolute Gasteiger partial charge is 0.497 e. The summed E-state index contributed by atoms with van der Waals surface area (Å²) in [5, 5.41) is 14.4. The zero-order chi connectivity index (χ0) is 29.5. The number of rotatable bonds is 10. The van der Waals surface area contributed by atoms with Gasteiger partial charge in [-0.15, -0.1) is 0 Å². The summed E-state index contributed by atoms with van der Waals surface area (Å²) < 4.78 is 5.33. The van der Waals surface area contributed by atoms with E-state index in [0.717, 1.165) is 44.2 Å². The van der Waals surface area contributed by atoms with Gasteiger partial charge in [0, 0.05) is 55.5 Å². The quantitative estimate of drug-likeness (QED) is 0.327. The average molecular weight is 566 g/mol. The highest BCUT2D eigenvalue weighted by atomic mass is 16.6. The third-order valence-corrected chi connectivity index (χ3v) is 8.22. The summed E-state index contributed by atoms with van der Waals surface area (Å²) in [6.07, 6.45) is 4.66. The van der Waals surface area contributed by atoms with Gasteiger partial charge >= 0.3 is 0 Å². The minimum absolute atomic E-state index is 0.0586. The second-order valence-corrected chi connectivity index (χ2v) is 11.8. The Labute approximate surface area is 242 Å². The van der Waals surface area contributed by atoms with Crippen molar-refractivity contribution < 1.29 is 19.2 Å². The fraction of sp³-hybridized carbons (Fsp3) is 0.548. The Morgan fingerprint density at radius 2 is 1.83 bits per heavy atom. The molecule has 10 nitrogen and oxygen atoms in total. The van der Waals surface area contributed by atoms with Gasteiger partial charge in [0.2, 0.25) is 5.91 Å². The number of ether oxygens (including phenoxy) is 1. The third kappa shape index (κ3) is 8.04. The minimum Gasteiger partial charge on any atom is -0.497 e. The molecular weight excluding hydrogens is 522 g/mol. The van der Waals surface area contributed by atoms with Gasteiger partial charge in [0.25, 0.3) is 11.6 Å². The first-order valence-corrected chi connectivity index (χ1v) is 14.6. The van der Waals surface area contributed by atoms with Crippen LogP contribution >= 0.6 is 0 Å². The monoisotopic (exact) mass is 565 g/mol. The summed E-state index contributed by atoms with van der Waals surface area (Å²) in [6.45, 7) is 6.17. The van der Waals surface area contributed by atoms with Crippen LogP contribution < -0.4 is 15.8 Å². The zero-order valence-electron chi connectivity index (χ0n) is 24.3. The van der Waals surface area contributed by atoms with Crippen molar-refractivity contribution in [1.82, 2.24) is 15.1 Å². The highest BCUT2D eigenvalue weighted by molar-refractivity contribution is 5.98. The number of piperidine rings is 1. The summed E-state index contributed by atoms with van der Waals surface area (Å²) >= 11 is 0. The Morgan fingerprint density at radius 3 is 2.46 bits per heavy atom. The maximum atomic E-state index is 13.8. The number of likely N-dealkylation sites (tertiary alicyclic amines) is 1. The number of hydrogen-bond acceptors (Lipinski definition) is 7. The van der Waals surface area contributed by atoms with E-state index in [1.807, 2.05) is 0 Å². The van der Waals surface area contributed by atoms with E-state index in [4.69, 9.17) is 10.5 Å². The highest BCUT2D eigenvalue weighted by Gasteiger charge is 2.39. The van der Waals surface area contributed by atoms with E-state index < -0.39 is 11.0 Å². The van der Waals surface area contributed by atoms with Gasteiger partial charge < -0.3 is 20.7 Å². The van der Waals surface area contributed by atoms with Gasteiger partial charge in [-0.2, -0.15) is 0 Å².